The molecule has 1 heterocycles. The fourth-order valence-electron chi connectivity index (χ4n) is 0.916. The van der Waals surface area contributed by atoms with E-state index in [1.165, 1.54) is 6.33 Å². The van der Waals surface area contributed by atoms with E-state index >= 15 is 0 Å². The molecule has 1 unspecified atom stereocenters. The molecule has 1 rings (SSSR count). The molecule has 3 N–H and O–H groups in total. The maximum atomic E-state index is 5.72. The lowest BCUT2D eigenvalue weighted by Gasteiger charge is -2.12. The van der Waals surface area contributed by atoms with Crippen molar-refractivity contribution in [2.45, 2.75) is 19.4 Å². The maximum Gasteiger partial charge on any atom is 0.157 e. The van der Waals surface area contributed by atoms with Crippen LogP contribution in [-0.4, -0.2) is 16.0 Å². The summed E-state index contributed by atoms with van der Waals surface area (Å²) in [6.07, 6.45) is 7.42. The van der Waals surface area contributed by atoms with Gasteiger partial charge in [-0.2, -0.15) is 0 Å². The fraction of sp³-hybridized carbons (Fsp3) is 0.333. The Morgan fingerprint density at radius 1 is 1.71 bits per heavy atom. The average Bonchev–Trinajstić information content (AvgIpc) is 2.20. The van der Waals surface area contributed by atoms with Gasteiger partial charge in [0.25, 0.3) is 0 Å². The lowest BCUT2D eigenvalue weighted by atomic mass is 10.2. The minimum absolute atomic E-state index is 0.0942. The van der Waals surface area contributed by atoms with E-state index in [4.69, 9.17) is 23.8 Å². The highest BCUT2D eigenvalue weighted by Gasteiger charge is 2.08. The average molecular weight is 211 g/mol. The summed E-state index contributed by atoms with van der Waals surface area (Å²) in [5.41, 5.74) is 5.97. The molecule has 4 nitrogen and oxygen atoms in total. The first-order chi connectivity index (χ1) is 6.69. The number of anilines is 2. The first-order valence-corrected chi connectivity index (χ1v) is 4.55. The molecule has 74 valence electrons. The molecule has 0 aliphatic carbocycles. The molecule has 1 atom stereocenters. The number of hydrogen-bond donors (Lipinski definition) is 2. The topological polar surface area (TPSA) is 63.8 Å². The zero-order valence-electron chi connectivity index (χ0n) is 7.79. The summed E-state index contributed by atoms with van der Waals surface area (Å²) < 4.78 is 0. The molecule has 0 saturated carbocycles. The maximum absolute atomic E-state index is 5.72. The van der Waals surface area contributed by atoms with Gasteiger partial charge in [-0.3, -0.25) is 0 Å². The fourth-order valence-corrected chi connectivity index (χ4v) is 1.05. The predicted octanol–water partition coefficient (Wildman–Crippen LogP) is 1.54. The van der Waals surface area contributed by atoms with E-state index in [1.54, 1.807) is 0 Å². The number of hydrogen-bond acceptors (Lipinski definition) is 4. The molecule has 1 aromatic rings. The van der Waals surface area contributed by atoms with Crippen molar-refractivity contribution in [3.8, 4) is 12.3 Å². The van der Waals surface area contributed by atoms with Gasteiger partial charge >= 0.3 is 0 Å². The first kappa shape index (κ1) is 10.6. The Hall–Kier alpha value is -1.47. The van der Waals surface area contributed by atoms with Crippen LogP contribution in [0.2, 0.25) is 5.15 Å². The Labute approximate surface area is 87.9 Å². The minimum atomic E-state index is -0.0942. The van der Waals surface area contributed by atoms with Gasteiger partial charge in [0.2, 0.25) is 0 Å². The number of nitrogen functional groups attached to an aromatic ring is 1. The van der Waals surface area contributed by atoms with Crippen LogP contribution in [0.25, 0.3) is 0 Å². The summed E-state index contributed by atoms with van der Waals surface area (Å²) in [6.45, 7) is 1.97. The largest absolute Gasteiger partial charge is 0.393 e. The van der Waals surface area contributed by atoms with Crippen molar-refractivity contribution in [3.63, 3.8) is 0 Å². The van der Waals surface area contributed by atoms with E-state index in [2.05, 4.69) is 21.2 Å². The van der Waals surface area contributed by atoms with Crippen molar-refractivity contribution in [1.82, 2.24) is 9.97 Å². The predicted molar refractivity (Wildman–Crippen MR) is 58.0 cm³/mol. The highest BCUT2D eigenvalue weighted by molar-refractivity contribution is 6.32. The molecule has 0 spiro atoms. The number of nitrogens with one attached hydrogen (secondary N) is 1. The zero-order valence-corrected chi connectivity index (χ0v) is 8.54. The number of halogens is 1. The third kappa shape index (κ3) is 2.27. The van der Waals surface area contributed by atoms with E-state index in [9.17, 15) is 0 Å². The second kappa shape index (κ2) is 4.68. The highest BCUT2D eigenvalue weighted by atomic mass is 35.5. The Morgan fingerprint density at radius 3 is 3.00 bits per heavy atom. The summed E-state index contributed by atoms with van der Waals surface area (Å²) in [5.74, 6) is 3.06. The summed E-state index contributed by atoms with van der Waals surface area (Å²) >= 11 is 5.72. The lowest BCUT2D eigenvalue weighted by molar-refractivity contribution is 0.850. The van der Waals surface area contributed by atoms with Crippen LogP contribution in [0.5, 0.6) is 0 Å². The van der Waals surface area contributed by atoms with Gasteiger partial charge in [-0.15, -0.1) is 6.42 Å². The molecule has 1 aromatic heterocycles. The Balaban J connectivity index is 2.87. The lowest BCUT2D eigenvalue weighted by Crippen LogP contribution is -2.18. The first-order valence-electron chi connectivity index (χ1n) is 4.17. The van der Waals surface area contributed by atoms with E-state index in [1.807, 2.05) is 6.92 Å². The van der Waals surface area contributed by atoms with Gasteiger partial charge in [0.05, 0.1) is 6.04 Å². The van der Waals surface area contributed by atoms with Crippen molar-refractivity contribution in [3.05, 3.63) is 11.5 Å². The smallest absolute Gasteiger partial charge is 0.157 e. The molecule has 14 heavy (non-hydrogen) atoms. The molecule has 0 bridgehead atoms. The number of nitrogens with zero attached hydrogens (tertiary/aromatic N) is 2. The number of rotatable bonds is 3. The second-order valence-electron chi connectivity index (χ2n) is 2.70. The summed E-state index contributed by atoms with van der Waals surface area (Å²) in [7, 11) is 0. The van der Waals surface area contributed by atoms with Crippen LogP contribution in [0.15, 0.2) is 6.33 Å². The summed E-state index contributed by atoms with van der Waals surface area (Å²) in [4.78, 5) is 7.68. The number of terminal acetylenes is 1. The van der Waals surface area contributed by atoms with Gasteiger partial charge in [-0.05, 0) is 6.42 Å². The Morgan fingerprint density at radius 2 is 2.43 bits per heavy atom. The van der Waals surface area contributed by atoms with Gasteiger partial charge < -0.3 is 11.1 Å². The van der Waals surface area contributed by atoms with Crippen molar-refractivity contribution in [2.75, 3.05) is 11.1 Å². The quantitative estimate of drug-likeness (QED) is 0.587. The SMILES string of the molecule is C#CC(CC)Nc1ncnc(Cl)c1N. The molecular weight excluding hydrogens is 200 g/mol. The van der Waals surface area contributed by atoms with Crippen molar-refractivity contribution >= 4 is 23.1 Å². The van der Waals surface area contributed by atoms with Gasteiger partial charge in [0.1, 0.15) is 12.0 Å². The summed E-state index contributed by atoms with van der Waals surface area (Å²) in [5, 5.41) is 3.22. The van der Waals surface area contributed by atoms with E-state index < -0.39 is 0 Å². The normalized spacial score (nSPS) is 11.8. The molecular formula is C9H11ClN4. The summed E-state index contributed by atoms with van der Waals surface area (Å²) in [6, 6.07) is -0.0942. The van der Waals surface area contributed by atoms with E-state index in [0.29, 0.717) is 11.5 Å². The highest BCUT2D eigenvalue weighted by Crippen LogP contribution is 2.22. The van der Waals surface area contributed by atoms with Gasteiger partial charge in [0.15, 0.2) is 11.0 Å². The molecule has 5 heteroatoms. The zero-order chi connectivity index (χ0) is 10.6. The van der Waals surface area contributed by atoms with Crippen molar-refractivity contribution in [1.29, 1.82) is 0 Å². The minimum Gasteiger partial charge on any atom is -0.393 e. The van der Waals surface area contributed by atoms with Crippen molar-refractivity contribution in [2.24, 2.45) is 0 Å². The van der Waals surface area contributed by atoms with Crippen LogP contribution in [-0.2, 0) is 0 Å². The molecule has 0 amide bonds. The third-order valence-corrected chi connectivity index (χ3v) is 2.06. The molecule has 0 aromatic carbocycles. The van der Waals surface area contributed by atoms with Gasteiger partial charge in [-0.1, -0.05) is 24.4 Å². The third-order valence-electron chi connectivity index (χ3n) is 1.76. The van der Waals surface area contributed by atoms with Crippen LogP contribution in [0.3, 0.4) is 0 Å². The van der Waals surface area contributed by atoms with Gasteiger partial charge in [-0.25, -0.2) is 9.97 Å². The Bertz CT molecular complexity index is 358. The number of nitrogens with two attached hydrogens (primary N) is 1. The standard InChI is InChI=1S/C9H11ClN4/c1-3-6(4-2)14-9-7(11)8(10)12-5-13-9/h1,5-6H,4,11H2,2H3,(H,12,13,14). The molecule has 0 aliphatic heterocycles. The second-order valence-corrected chi connectivity index (χ2v) is 3.06. The van der Waals surface area contributed by atoms with Crippen LogP contribution in [0.1, 0.15) is 13.3 Å². The van der Waals surface area contributed by atoms with E-state index in [-0.39, 0.29) is 11.2 Å². The molecule has 0 radical (unpaired) electrons. The molecule has 0 saturated heterocycles. The molecule has 0 fully saturated rings. The monoisotopic (exact) mass is 210 g/mol. The van der Waals surface area contributed by atoms with E-state index in [0.717, 1.165) is 6.42 Å². The van der Waals surface area contributed by atoms with Crippen LogP contribution in [0, 0.1) is 12.3 Å². The Kier molecular flexibility index (Phi) is 3.55. The van der Waals surface area contributed by atoms with Crippen LogP contribution in [0.4, 0.5) is 11.5 Å². The van der Waals surface area contributed by atoms with Crippen molar-refractivity contribution < 1.29 is 0 Å². The van der Waals surface area contributed by atoms with Crippen LogP contribution >= 0.6 is 11.6 Å². The van der Waals surface area contributed by atoms with Crippen LogP contribution < -0.4 is 11.1 Å². The number of aromatic nitrogens is 2. The molecule has 0 aliphatic rings. The van der Waals surface area contributed by atoms with Gasteiger partial charge in [0, 0.05) is 0 Å².